The van der Waals surface area contributed by atoms with E-state index in [1.54, 1.807) is 0 Å². The van der Waals surface area contributed by atoms with Crippen LogP contribution in [0.3, 0.4) is 0 Å². The number of halogens is 2. The van der Waals surface area contributed by atoms with E-state index in [0.29, 0.717) is 13.2 Å². The third-order valence-electron chi connectivity index (χ3n) is 2.75. The van der Waals surface area contributed by atoms with Crippen LogP contribution < -0.4 is 9.47 Å². The number of rotatable bonds is 3. The minimum Gasteiger partial charge on any atom is -0.490 e. The fourth-order valence-electron chi connectivity index (χ4n) is 1.85. The first-order valence-corrected chi connectivity index (χ1v) is 7.18. The molecule has 17 heavy (non-hydrogen) atoms. The van der Waals surface area contributed by atoms with Crippen molar-refractivity contribution in [3.8, 4) is 11.5 Å². The Morgan fingerprint density at radius 2 is 1.94 bits per heavy atom. The summed E-state index contributed by atoms with van der Waals surface area (Å²) in [4.78, 5) is 0. The van der Waals surface area contributed by atoms with E-state index < -0.39 is 0 Å². The summed E-state index contributed by atoms with van der Waals surface area (Å²) in [5.74, 6) is 1.61. The van der Waals surface area contributed by atoms with Gasteiger partial charge in [0.05, 0.1) is 18.6 Å². The van der Waals surface area contributed by atoms with Crippen LogP contribution in [0.2, 0.25) is 0 Å². The van der Waals surface area contributed by atoms with Gasteiger partial charge in [0.1, 0.15) is 0 Å². The van der Waals surface area contributed by atoms with Gasteiger partial charge < -0.3 is 9.47 Å². The van der Waals surface area contributed by atoms with Gasteiger partial charge in [-0.05, 0) is 24.1 Å². The average Bonchev–Trinajstić information content (AvgIpc) is 2.52. The molecule has 1 atom stereocenters. The van der Waals surface area contributed by atoms with Crippen LogP contribution in [0.1, 0.15) is 37.1 Å². The second-order valence-electron chi connectivity index (χ2n) is 4.13. The lowest BCUT2D eigenvalue weighted by molar-refractivity contribution is 0.297. The summed E-state index contributed by atoms with van der Waals surface area (Å²) in [5.41, 5.74) is 1.08. The van der Waals surface area contributed by atoms with Gasteiger partial charge in [-0.15, -0.1) is 11.6 Å². The van der Waals surface area contributed by atoms with Crippen molar-refractivity contribution in [1.82, 2.24) is 0 Å². The van der Waals surface area contributed by atoms with Gasteiger partial charge in [0, 0.05) is 10.9 Å². The number of ether oxygens (including phenoxy) is 2. The molecule has 0 spiro atoms. The van der Waals surface area contributed by atoms with Crippen LogP contribution in [0, 0.1) is 0 Å². The Morgan fingerprint density at radius 3 is 2.59 bits per heavy atom. The quantitative estimate of drug-likeness (QED) is 0.752. The minimum absolute atomic E-state index is 0.0199. The third-order valence-corrected chi connectivity index (χ3v) is 3.89. The molecule has 0 bridgehead atoms. The van der Waals surface area contributed by atoms with Crippen LogP contribution in [-0.2, 0) is 0 Å². The monoisotopic (exact) mass is 318 g/mol. The maximum absolute atomic E-state index is 6.37. The van der Waals surface area contributed by atoms with Gasteiger partial charge in [0.2, 0.25) is 0 Å². The highest BCUT2D eigenvalue weighted by molar-refractivity contribution is 9.10. The Kier molecular flexibility index (Phi) is 4.57. The van der Waals surface area contributed by atoms with Crippen LogP contribution in [0.15, 0.2) is 16.6 Å². The lowest BCUT2D eigenvalue weighted by Gasteiger charge is -2.15. The molecular weight excluding hydrogens is 303 g/mol. The molecule has 1 aromatic rings. The number of benzene rings is 1. The Hall–Kier alpha value is -0.410. The molecule has 0 saturated carbocycles. The van der Waals surface area contributed by atoms with Crippen molar-refractivity contribution in [1.29, 1.82) is 0 Å². The number of alkyl halides is 1. The highest BCUT2D eigenvalue weighted by atomic mass is 79.9. The Morgan fingerprint density at radius 1 is 1.29 bits per heavy atom. The topological polar surface area (TPSA) is 18.5 Å². The van der Waals surface area contributed by atoms with Gasteiger partial charge in [-0.3, -0.25) is 0 Å². The lowest BCUT2D eigenvalue weighted by atomic mass is 10.1. The zero-order valence-corrected chi connectivity index (χ0v) is 12.2. The molecule has 0 aromatic heterocycles. The van der Waals surface area contributed by atoms with E-state index in [-0.39, 0.29) is 5.38 Å². The van der Waals surface area contributed by atoms with Gasteiger partial charge in [-0.1, -0.05) is 29.3 Å². The average molecular weight is 320 g/mol. The summed E-state index contributed by atoms with van der Waals surface area (Å²) >= 11 is 9.92. The van der Waals surface area contributed by atoms with Crippen molar-refractivity contribution in [2.75, 3.05) is 13.2 Å². The summed E-state index contributed by atoms with van der Waals surface area (Å²) in [6.45, 7) is 3.54. The first-order chi connectivity index (χ1) is 8.22. The van der Waals surface area contributed by atoms with Crippen LogP contribution in [-0.4, -0.2) is 13.2 Å². The van der Waals surface area contributed by atoms with Crippen molar-refractivity contribution >= 4 is 27.5 Å². The summed E-state index contributed by atoms with van der Waals surface area (Å²) < 4.78 is 12.3. The van der Waals surface area contributed by atoms with Gasteiger partial charge in [0.15, 0.2) is 11.5 Å². The second-order valence-corrected chi connectivity index (χ2v) is 5.51. The maximum atomic E-state index is 6.37. The van der Waals surface area contributed by atoms with Crippen molar-refractivity contribution in [3.05, 3.63) is 22.2 Å². The molecule has 2 nitrogen and oxygen atoms in total. The normalized spacial score (nSPS) is 16.4. The van der Waals surface area contributed by atoms with E-state index in [2.05, 4.69) is 22.9 Å². The Labute approximate surface area is 115 Å². The molecule has 1 aromatic carbocycles. The summed E-state index contributed by atoms with van der Waals surface area (Å²) in [6.07, 6.45) is 2.94. The molecule has 0 aliphatic carbocycles. The zero-order valence-electron chi connectivity index (χ0n) is 9.84. The van der Waals surface area contributed by atoms with E-state index in [9.17, 15) is 0 Å². The zero-order chi connectivity index (χ0) is 12.3. The van der Waals surface area contributed by atoms with E-state index in [1.165, 1.54) is 0 Å². The highest BCUT2D eigenvalue weighted by Gasteiger charge is 2.17. The third kappa shape index (κ3) is 3.08. The second kappa shape index (κ2) is 5.96. The number of fused-ring (bicyclic) bond motifs is 1. The molecule has 94 valence electrons. The van der Waals surface area contributed by atoms with Crippen molar-refractivity contribution in [2.45, 2.75) is 31.6 Å². The molecule has 0 amide bonds. The molecule has 1 aliphatic rings. The lowest BCUT2D eigenvalue weighted by Crippen LogP contribution is -1.97. The minimum atomic E-state index is 0.0199. The van der Waals surface area contributed by atoms with Crippen molar-refractivity contribution < 1.29 is 9.47 Å². The molecule has 0 radical (unpaired) electrons. The van der Waals surface area contributed by atoms with Gasteiger partial charge in [-0.2, -0.15) is 0 Å². The van der Waals surface area contributed by atoms with Crippen LogP contribution >= 0.6 is 27.5 Å². The molecule has 1 heterocycles. The smallest absolute Gasteiger partial charge is 0.162 e. The summed E-state index contributed by atoms with van der Waals surface area (Å²) in [7, 11) is 0. The SMILES string of the molecule is CCCC(Cl)c1cc2c(cc1Br)OCCCO2. The molecular formula is C13H16BrClO2. The van der Waals surface area contributed by atoms with Crippen LogP contribution in [0.25, 0.3) is 0 Å². The molecule has 2 rings (SSSR count). The van der Waals surface area contributed by atoms with Crippen LogP contribution in [0.4, 0.5) is 0 Å². The van der Waals surface area contributed by atoms with Gasteiger partial charge in [-0.25, -0.2) is 0 Å². The molecule has 0 fully saturated rings. The van der Waals surface area contributed by atoms with E-state index in [1.807, 2.05) is 12.1 Å². The van der Waals surface area contributed by atoms with E-state index in [4.69, 9.17) is 21.1 Å². The first kappa shape index (κ1) is 13.0. The first-order valence-electron chi connectivity index (χ1n) is 5.95. The molecule has 1 aliphatic heterocycles. The standard InChI is InChI=1S/C13H16BrClO2/c1-2-4-11(15)9-7-12-13(8-10(9)14)17-6-3-5-16-12/h7-8,11H,2-6H2,1H3. The van der Waals surface area contributed by atoms with E-state index in [0.717, 1.165) is 40.8 Å². The fraction of sp³-hybridized carbons (Fsp3) is 0.538. The van der Waals surface area contributed by atoms with Gasteiger partial charge in [0.25, 0.3) is 0 Å². The largest absolute Gasteiger partial charge is 0.490 e. The van der Waals surface area contributed by atoms with Crippen molar-refractivity contribution in [3.63, 3.8) is 0 Å². The predicted octanol–water partition coefficient (Wildman–Crippen LogP) is 4.69. The number of hydrogen-bond acceptors (Lipinski definition) is 2. The summed E-state index contributed by atoms with van der Waals surface area (Å²) in [5, 5.41) is 0.0199. The van der Waals surface area contributed by atoms with E-state index >= 15 is 0 Å². The number of hydrogen-bond donors (Lipinski definition) is 0. The Balaban J connectivity index is 2.31. The molecule has 4 heteroatoms. The fourth-order valence-corrected chi connectivity index (χ4v) is 2.98. The van der Waals surface area contributed by atoms with Crippen molar-refractivity contribution in [2.24, 2.45) is 0 Å². The molecule has 0 saturated heterocycles. The van der Waals surface area contributed by atoms with Crippen LogP contribution in [0.5, 0.6) is 11.5 Å². The predicted molar refractivity (Wildman–Crippen MR) is 73.3 cm³/mol. The maximum Gasteiger partial charge on any atom is 0.162 e. The Bertz CT molecular complexity index is 395. The molecule has 1 unspecified atom stereocenters. The molecule has 0 N–H and O–H groups in total. The highest BCUT2D eigenvalue weighted by Crippen LogP contribution is 2.40. The summed E-state index contributed by atoms with van der Waals surface area (Å²) in [6, 6.07) is 3.96. The van der Waals surface area contributed by atoms with Gasteiger partial charge >= 0.3 is 0 Å².